The van der Waals surface area contributed by atoms with E-state index in [1.165, 1.54) is 0 Å². The van der Waals surface area contributed by atoms with Crippen LogP contribution in [0.5, 0.6) is 0 Å². The number of rotatable bonds is 7. The van der Waals surface area contributed by atoms with E-state index < -0.39 is 6.10 Å². The summed E-state index contributed by atoms with van der Waals surface area (Å²) in [6, 6.07) is 11.5. The molecule has 0 radical (unpaired) electrons. The molecule has 0 aliphatic carbocycles. The molecule has 0 bridgehead atoms. The normalized spacial score (nSPS) is 12.1. The van der Waals surface area contributed by atoms with Crippen LogP contribution in [-0.2, 0) is 6.42 Å². The Morgan fingerprint density at radius 1 is 1.21 bits per heavy atom. The first-order valence-corrected chi connectivity index (χ1v) is 8.08. The lowest BCUT2D eigenvalue weighted by atomic mass is 10.1. The van der Waals surface area contributed by atoms with Crippen molar-refractivity contribution in [3.8, 4) is 11.4 Å². The third kappa shape index (κ3) is 4.10. The molecule has 0 saturated heterocycles. The molecule has 24 heavy (non-hydrogen) atoms. The van der Waals surface area contributed by atoms with Crippen LogP contribution in [0.4, 0.5) is 5.69 Å². The lowest BCUT2D eigenvalue weighted by molar-refractivity contribution is 0.211. The van der Waals surface area contributed by atoms with E-state index in [1.54, 1.807) is 12.4 Å². The molecule has 6 nitrogen and oxygen atoms in total. The zero-order chi connectivity index (χ0) is 16.8. The Balaban J connectivity index is 1.74. The molecular weight excluding hydrogens is 328 g/mol. The number of nitrogens with zero attached hydrogens (tertiary/aromatic N) is 3. The zero-order valence-corrected chi connectivity index (χ0v) is 13.6. The Morgan fingerprint density at radius 2 is 2.08 bits per heavy atom. The van der Waals surface area contributed by atoms with Crippen LogP contribution in [0.1, 0.15) is 11.5 Å². The largest absolute Gasteiger partial charge is 0.390 e. The number of hydrogen-bond donors (Lipinski definition) is 2. The topological polar surface area (TPSA) is 84.1 Å². The van der Waals surface area contributed by atoms with Gasteiger partial charge in [-0.15, -0.1) is 11.6 Å². The maximum atomic E-state index is 9.59. The summed E-state index contributed by atoms with van der Waals surface area (Å²) >= 11 is 5.62. The second-order valence-corrected chi connectivity index (χ2v) is 5.58. The van der Waals surface area contributed by atoms with Gasteiger partial charge in [-0.25, -0.2) is 0 Å². The fraction of sp³-hybridized carbons (Fsp3) is 0.235. The molecule has 3 rings (SSSR count). The van der Waals surface area contributed by atoms with E-state index in [9.17, 15) is 5.11 Å². The van der Waals surface area contributed by atoms with E-state index in [0.29, 0.717) is 24.7 Å². The third-order valence-electron chi connectivity index (χ3n) is 3.45. The van der Waals surface area contributed by atoms with Crippen molar-refractivity contribution < 1.29 is 9.63 Å². The molecule has 0 saturated carbocycles. The van der Waals surface area contributed by atoms with Crippen LogP contribution in [0.2, 0.25) is 0 Å². The second-order valence-electron chi connectivity index (χ2n) is 5.28. The van der Waals surface area contributed by atoms with Crippen molar-refractivity contribution in [1.29, 1.82) is 0 Å². The van der Waals surface area contributed by atoms with E-state index in [1.807, 2.05) is 36.4 Å². The zero-order valence-electron chi connectivity index (χ0n) is 12.9. The Bertz CT molecular complexity index is 779. The number of aromatic nitrogens is 3. The molecule has 0 aliphatic heterocycles. The van der Waals surface area contributed by atoms with Gasteiger partial charge in [0.15, 0.2) is 0 Å². The van der Waals surface area contributed by atoms with Crippen molar-refractivity contribution in [3.05, 3.63) is 60.2 Å². The van der Waals surface area contributed by atoms with Crippen molar-refractivity contribution in [2.45, 2.75) is 12.5 Å². The van der Waals surface area contributed by atoms with Gasteiger partial charge < -0.3 is 14.9 Å². The van der Waals surface area contributed by atoms with E-state index in [2.05, 4.69) is 20.4 Å². The van der Waals surface area contributed by atoms with Crippen LogP contribution >= 0.6 is 11.6 Å². The molecule has 0 fully saturated rings. The number of para-hydroxylation sites is 1. The van der Waals surface area contributed by atoms with E-state index in [4.69, 9.17) is 16.1 Å². The summed E-state index contributed by atoms with van der Waals surface area (Å²) in [4.78, 5) is 8.46. The minimum Gasteiger partial charge on any atom is -0.390 e. The predicted octanol–water partition coefficient (Wildman–Crippen LogP) is 2.73. The van der Waals surface area contributed by atoms with Gasteiger partial charge in [0.25, 0.3) is 0 Å². The molecular formula is C17H17ClN4O2. The van der Waals surface area contributed by atoms with Gasteiger partial charge in [0.2, 0.25) is 11.7 Å². The van der Waals surface area contributed by atoms with Gasteiger partial charge in [-0.05, 0) is 23.8 Å². The maximum Gasteiger partial charge on any atom is 0.231 e. The predicted molar refractivity (Wildman–Crippen MR) is 92.0 cm³/mol. The van der Waals surface area contributed by atoms with Crippen LogP contribution in [0.15, 0.2) is 53.3 Å². The van der Waals surface area contributed by atoms with Crippen LogP contribution in [0.3, 0.4) is 0 Å². The number of nitrogens with one attached hydrogen (secondary N) is 1. The lowest BCUT2D eigenvalue weighted by Gasteiger charge is -2.13. The number of aliphatic hydroxyl groups excluding tert-OH is 1. The fourth-order valence-electron chi connectivity index (χ4n) is 2.23. The molecule has 3 aromatic rings. The number of benzene rings is 1. The van der Waals surface area contributed by atoms with Crippen molar-refractivity contribution in [2.75, 3.05) is 17.7 Å². The average molecular weight is 345 g/mol. The molecule has 1 atom stereocenters. The summed E-state index contributed by atoms with van der Waals surface area (Å²) in [7, 11) is 0. The Labute approximate surface area is 144 Å². The standard InChI is InChI=1S/C17H17ClN4O2/c18-9-14(23)11-20-15-6-2-1-4-12(15)8-16-21-17(22-24-16)13-5-3-7-19-10-13/h1-7,10,14,20,23H,8-9,11H2. The minimum absolute atomic E-state index is 0.188. The number of alkyl halides is 1. The molecule has 2 heterocycles. The molecule has 1 aromatic carbocycles. The first-order chi connectivity index (χ1) is 11.8. The number of anilines is 1. The monoisotopic (exact) mass is 344 g/mol. The summed E-state index contributed by atoms with van der Waals surface area (Å²) in [5.41, 5.74) is 2.72. The van der Waals surface area contributed by atoms with Crippen molar-refractivity contribution in [1.82, 2.24) is 15.1 Å². The van der Waals surface area contributed by atoms with Gasteiger partial charge in [-0.1, -0.05) is 23.4 Å². The van der Waals surface area contributed by atoms with Gasteiger partial charge in [0.1, 0.15) is 0 Å². The molecule has 0 amide bonds. The molecule has 1 unspecified atom stereocenters. The fourth-order valence-corrected chi connectivity index (χ4v) is 2.34. The highest BCUT2D eigenvalue weighted by Gasteiger charge is 2.12. The van der Waals surface area contributed by atoms with Crippen molar-refractivity contribution >= 4 is 17.3 Å². The molecule has 7 heteroatoms. The highest BCUT2D eigenvalue weighted by atomic mass is 35.5. The first-order valence-electron chi connectivity index (χ1n) is 7.55. The summed E-state index contributed by atoms with van der Waals surface area (Å²) in [6.45, 7) is 0.380. The molecule has 0 aliphatic rings. The van der Waals surface area contributed by atoms with Crippen LogP contribution < -0.4 is 5.32 Å². The highest BCUT2D eigenvalue weighted by molar-refractivity contribution is 6.18. The number of hydrogen-bond acceptors (Lipinski definition) is 6. The molecule has 2 N–H and O–H groups in total. The Hall–Kier alpha value is -2.44. The third-order valence-corrected chi connectivity index (χ3v) is 3.81. The highest BCUT2D eigenvalue weighted by Crippen LogP contribution is 2.20. The summed E-state index contributed by atoms with van der Waals surface area (Å²) < 4.78 is 5.34. The smallest absolute Gasteiger partial charge is 0.231 e. The van der Waals surface area contributed by atoms with Crippen LogP contribution in [0, 0.1) is 0 Å². The van der Waals surface area contributed by atoms with E-state index in [0.717, 1.165) is 16.8 Å². The van der Waals surface area contributed by atoms with Crippen LogP contribution in [-0.4, -0.2) is 38.8 Å². The van der Waals surface area contributed by atoms with E-state index in [-0.39, 0.29) is 5.88 Å². The molecule has 124 valence electrons. The van der Waals surface area contributed by atoms with Gasteiger partial charge >= 0.3 is 0 Å². The summed E-state index contributed by atoms with van der Waals surface area (Å²) in [6.07, 6.45) is 3.28. The lowest BCUT2D eigenvalue weighted by Crippen LogP contribution is -2.21. The van der Waals surface area contributed by atoms with Crippen molar-refractivity contribution in [2.24, 2.45) is 0 Å². The van der Waals surface area contributed by atoms with Gasteiger partial charge in [-0.2, -0.15) is 4.98 Å². The molecule has 0 spiro atoms. The Kier molecular flexibility index (Phi) is 5.40. The van der Waals surface area contributed by atoms with Gasteiger partial charge in [0.05, 0.1) is 18.4 Å². The Morgan fingerprint density at radius 3 is 2.88 bits per heavy atom. The van der Waals surface area contributed by atoms with E-state index >= 15 is 0 Å². The minimum atomic E-state index is -0.597. The van der Waals surface area contributed by atoms with Gasteiger partial charge in [-0.3, -0.25) is 4.98 Å². The van der Waals surface area contributed by atoms with Crippen molar-refractivity contribution in [3.63, 3.8) is 0 Å². The van der Waals surface area contributed by atoms with Gasteiger partial charge in [0, 0.05) is 30.2 Å². The first kappa shape index (κ1) is 16.4. The molecule has 2 aromatic heterocycles. The summed E-state index contributed by atoms with van der Waals surface area (Å²) in [5.74, 6) is 1.22. The number of halogens is 1. The van der Waals surface area contributed by atoms with Crippen LogP contribution in [0.25, 0.3) is 11.4 Å². The number of aliphatic hydroxyl groups is 1. The quantitative estimate of drug-likeness (QED) is 0.641. The SMILES string of the molecule is OC(CCl)CNc1ccccc1Cc1nc(-c2cccnc2)no1. The average Bonchev–Trinajstić information content (AvgIpc) is 3.10. The summed E-state index contributed by atoms with van der Waals surface area (Å²) in [5, 5.41) is 16.8. The maximum absolute atomic E-state index is 9.59. The second kappa shape index (κ2) is 7.90. The number of pyridine rings is 1.